The van der Waals surface area contributed by atoms with E-state index < -0.39 is 0 Å². The van der Waals surface area contributed by atoms with Crippen molar-refractivity contribution in [1.29, 1.82) is 0 Å². The molecule has 3 heterocycles. The predicted molar refractivity (Wildman–Crippen MR) is 136 cm³/mol. The van der Waals surface area contributed by atoms with Gasteiger partial charge in [0.25, 0.3) is 0 Å². The van der Waals surface area contributed by atoms with Crippen molar-refractivity contribution >= 4 is 23.1 Å². The van der Waals surface area contributed by atoms with Crippen LogP contribution in [0.2, 0.25) is 0 Å². The van der Waals surface area contributed by atoms with Crippen LogP contribution in [0.4, 0.5) is 0 Å². The largest absolute Gasteiger partial charge is 0.507 e. The lowest BCUT2D eigenvalue weighted by Gasteiger charge is -2.29. The second kappa shape index (κ2) is 13.8. The van der Waals surface area contributed by atoms with Gasteiger partial charge in [-0.15, -0.1) is 10.2 Å². The lowest BCUT2D eigenvalue weighted by molar-refractivity contribution is 0.352. The number of phenolic OH excluding ortho intramolecular Hbond substituents is 1. The van der Waals surface area contributed by atoms with E-state index in [2.05, 4.69) is 56.6 Å². The molecule has 0 saturated carbocycles. The fraction of sp³-hybridized carbons (Fsp3) is 0.500. The molecule has 2 aliphatic heterocycles. The summed E-state index contributed by atoms with van der Waals surface area (Å²) in [5.41, 5.74) is 5.08. The Labute approximate surface area is 196 Å². The molecule has 0 atom stereocenters. The third-order valence-corrected chi connectivity index (χ3v) is 5.31. The Morgan fingerprint density at radius 3 is 2.41 bits per heavy atom. The highest BCUT2D eigenvalue weighted by Gasteiger charge is 2.19. The summed E-state index contributed by atoms with van der Waals surface area (Å²) in [4.78, 5) is 6.49. The van der Waals surface area contributed by atoms with Crippen LogP contribution >= 0.6 is 11.5 Å². The monoisotopic (exact) mass is 456 g/mol. The van der Waals surface area contributed by atoms with Crippen LogP contribution in [0.15, 0.2) is 45.6 Å². The summed E-state index contributed by atoms with van der Waals surface area (Å²) < 4.78 is 4.22. The van der Waals surface area contributed by atoms with Crippen molar-refractivity contribution in [3.05, 3.63) is 40.9 Å². The van der Waals surface area contributed by atoms with Crippen molar-refractivity contribution in [3.63, 3.8) is 0 Å². The van der Waals surface area contributed by atoms with Crippen LogP contribution in [0, 0.1) is 0 Å². The quantitative estimate of drug-likeness (QED) is 0.671. The molecule has 7 nitrogen and oxygen atoms in total. The van der Waals surface area contributed by atoms with Crippen LogP contribution in [0.3, 0.4) is 0 Å². The number of allylic oxidation sites excluding steroid dienone is 1. The second-order valence-corrected chi connectivity index (χ2v) is 7.87. The minimum Gasteiger partial charge on any atom is -0.507 e. The Morgan fingerprint density at radius 1 is 1.09 bits per heavy atom. The number of piperazine rings is 1. The topological polar surface area (TPSA) is 86.0 Å². The van der Waals surface area contributed by atoms with E-state index >= 15 is 0 Å². The molecule has 0 aliphatic carbocycles. The zero-order chi connectivity index (χ0) is 23.3. The minimum atomic E-state index is 0.161. The van der Waals surface area contributed by atoms with Crippen LogP contribution in [0.1, 0.15) is 59.4 Å². The molecule has 32 heavy (non-hydrogen) atoms. The van der Waals surface area contributed by atoms with Crippen molar-refractivity contribution in [2.24, 2.45) is 10.2 Å². The number of hydrogen-bond acceptors (Lipinski definition) is 8. The SMILES string of the molecule is CC.CCC.CCC1=CC(c2ccc(-c3ncsn3)cc2O)=NN=C(N2CCNCC2)C1. The standard InChI is InChI=1S/C19H22N6OS.C3H8.C2H6/c1-2-13-9-16(22-23-18(10-13)25-7-5-20-6-8-25)15-4-3-14(11-17(15)26)19-21-12-27-24-19;1-3-2;1-2/h3-4,9,11-12,20,26H,2,5-8,10H2,1H3;3H2,1-2H3;1-2H3. The van der Waals surface area contributed by atoms with Gasteiger partial charge in [0.1, 0.15) is 17.1 Å². The molecule has 0 bridgehead atoms. The van der Waals surface area contributed by atoms with Gasteiger partial charge in [-0.2, -0.15) is 4.37 Å². The van der Waals surface area contributed by atoms with E-state index in [1.165, 1.54) is 23.5 Å². The van der Waals surface area contributed by atoms with Crippen LogP contribution in [-0.2, 0) is 0 Å². The molecule has 0 spiro atoms. The molecule has 0 unspecified atom stereocenters. The van der Waals surface area contributed by atoms with Gasteiger partial charge in [-0.05, 0) is 36.2 Å². The van der Waals surface area contributed by atoms with Crippen molar-refractivity contribution in [3.8, 4) is 17.1 Å². The zero-order valence-corrected chi connectivity index (χ0v) is 20.7. The molecule has 2 N–H and O–H groups in total. The number of nitrogens with one attached hydrogen (secondary N) is 1. The Bertz CT molecular complexity index is 915. The zero-order valence-electron chi connectivity index (χ0n) is 19.9. The Kier molecular flexibility index (Phi) is 11.0. The molecule has 0 amide bonds. The highest BCUT2D eigenvalue weighted by molar-refractivity contribution is 7.03. The van der Waals surface area contributed by atoms with E-state index in [9.17, 15) is 5.11 Å². The van der Waals surface area contributed by atoms with Gasteiger partial charge in [0.15, 0.2) is 5.82 Å². The van der Waals surface area contributed by atoms with Gasteiger partial charge in [0, 0.05) is 43.7 Å². The molecule has 1 aromatic heterocycles. The van der Waals surface area contributed by atoms with Gasteiger partial charge < -0.3 is 15.3 Å². The smallest absolute Gasteiger partial charge is 0.172 e. The average molecular weight is 457 g/mol. The maximum Gasteiger partial charge on any atom is 0.172 e. The minimum absolute atomic E-state index is 0.161. The summed E-state index contributed by atoms with van der Waals surface area (Å²) in [6.45, 7) is 14.2. The lowest BCUT2D eigenvalue weighted by atomic mass is 10.0. The summed E-state index contributed by atoms with van der Waals surface area (Å²) in [6.07, 6.45) is 5.02. The van der Waals surface area contributed by atoms with Gasteiger partial charge in [-0.1, -0.05) is 52.7 Å². The van der Waals surface area contributed by atoms with Crippen molar-refractivity contribution in [2.75, 3.05) is 26.2 Å². The lowest BCUT2D eigenvalue weighted by Crippen LogP contribution is -2.46. The molecular weight excluding hydrogens is 420 g/mol. The van der Waals surface area contributed by atoms with Crippen molar-refractivity contribution in [1.82, 2.24) is 19.6 Å². The summed E-state index contributed by atoms with van der Waals surface area (Å²) >= 11 is 1.29. The number of aromatic nitrogens is 2. The molecule has 0 radical (unpaired) electrons. The number of hydrogen-bond donors (Lipinski definition) is 2. The fourth-order valence-corrected chi connectivity index (χ4v) is 3.71. The molecule has 1 fully saturated rings. The molecule has 174 valence electrons. The van der Waals surface area contributed by atoms with Crippen LogP contribution < -0.4 is 5.32 Å². The van der Waals surface area contributed by atoms with E-state index in [0.29, 0.717) is 17.1 Å². The predicted octanol–water partition coefficient (Wildman–Crippen LogP) is 5.10. The molecule has 8 heteroatoms. The number of amidine groups is 1. The molecule has 2 aliphatic rings. The molecule has 1 saturated heterocycles. The summed E-state index contributed by atoms with van der Waals surface area (Å²) in [7, 11) is 0. The first-order valence-electron chi connectivity index (χ1n) is 11.6. The van der Waals surface area contributed by atoms with E-state index in [4.69, 9.17) is 0 Å². The first-order chi connectivity index (χ1) is 15.7. The first-order valence-corrected chi connectivity index (χ1v) is 12.4. The number of rotatable bonds is 3. The maximum atomic E-state index is 10.6. The van der Waals surface area contributed by atoms with E-state index in [-0.39, 0.29) is 5.75 Å². The molecule has 2 aromatic rings. The first kappa shape index (κ1) is 25.7. The number of aromatic hydroxyl groups is 1. The Hall–Kier alpha value is -2.58. The van der Waals surface area contributed by atoms with Gasteiger partial charge in [-0.3, -0.25) is 0 Å². The van der Waals surface area contributed by atoms with Crippen LogP contribution in [0.25, 0.3) is 11.4 Å². The second-order valence-electron chi connectivity index (χ2n) is 7.27. The number of phenols is 1. The maximum absolute atomic E-state index is 10.6. The highest BCUT2D eigenvalue weighted by Crippen LogP contribution is 2.27. The van der Waals surface area contributed by atoms with E-state index in [1.807, 2.05) is 26.0 Å². The van der Waals surface area contributed by atoms with Gasteiger partial charge in [0.2, 0.25) is 0 Å². The summed E-state index contributed by atoms with van der Waals surface area (Å²) in [5, 5.41) is 23.0. The summed E-state index contributed by atoms with van der Waals surface area (Å²) in [6, 6.07) is 5.45. The highest BCUT2D eigenvalue weighted by atomic mass is 32.1. The number of benzene rings is 1. The van der Waals surface area contributed by atoms with Gasteiger partial charge >= 0.3 is 0 Å². The Balaban J connectivity index is 0.000000671. The fourth-order valence-electron chi connectivity index (χ4n) is 3.27. The van der Waals surface area contributed by atoms with Crippen LogP contribution in [0.5, 0.6) is 5.75 Å². The molecule has 4 rings (SSSR count). The Morgan fingerprint density at radius 2 is 1.81 bits per heavy atom. The van der Waals surface area contributed by atoms with E-state index in [0.717, 1.165) is 50.4 Å². The average Bonchev–Trinajstić information content (AvgIpc) is 3.29. The van der Waals surface area contributed by atoms with Gasteiger partial charge in [-0.25, -0.2) is 4.98 Å². The molecular formula is C24H36N6OS. The molecule has 1 aromatic carbocycles. The normalized spacial score (nSPS) is 15.8. The van der Waals surface area contributed by atoms with Crippen LogP contribution in [-0.4, -0.2) is 57.1 Å². The van der Waals surface area contributed by atoms with Crippen molar-refractivity contribution < 1.29 is 5.11 Å². The van der Waals surface area contributed by atoms with Gasteiger partial charge in [0.05, 0.1) is 5.71 Å². The van der Waals surface area contributed by atoms with Crippen molar-refractivity contribution in [2.45, 2.75) is 53.9 Å². The van der Waals surface area contributed by atoms with E-state index in [1.54, 1.807) is 11.6 Å². The third kappa shape index (κ3) is 6.97. The number of nitrogens with zero attached hydrogens (tertiary/aromatic N) is 5. The summed E-state index contributed by atoms with van der Waals surface area (Å²) in [5.74, 6) is 1.78. The third-order valence-electron chi connectivity index (χ3n) is 4.83.